The Kier molecular flexibility index (Phi) is 6.37. The molecule has 1 heterocycles. The predicted molar refractivity (Wildman–Crippen MR) is 115 cm³/mol. The van der Waals surface area contributed by atoms with Gasteiger partial charge in [0, 0.05) is 15.5 Å². The second kappa shape index (κ2) is 9.16. The number of carbonyl (C=O) groups excluding carboxylic acids is 1. The van der Waals surface area contributed by atoms with Gasteiger partial charge in [-0.3, -0.25) is 4.79 Å². The summed E-state index contributed by atoms with van der Waals surface area (Å²) in [5.74, 6) is -0.532. The molecule has 0 unspecified atom stereocenters. The Morgan fingerprint density at radius 2 is 1.73 bits per heavy atom. The molecule has 0 spiro atoms. The van der Waals surface area contributed by atoms with Crippen molar-refractivity contribution in [3.63, 3.8) is 0 Å². The number of benzene rings is 3. The summed E-state index contributed by atoms with van der Waals surface area (Å²) in [6.45, 7) is 0.745. The fourth-order valence-corrected chi connectivity index (χ4v) is 4.36. The molecule has 3 aromatic rings. The van der Waals surface area contributed by atoms with Crippen molar-refractivity contribution in [3.8, 4) is 0 Å². The van der Waals surface area contributed by atoms with Crippen LogP contribution >= 0.6 is 23.4 Å². The van der Waals surface area contributed by atoms with Crippen LogP contribution in [0, 0.1) is 11.6 Å². The first-order valence-electron chi connectivity index (χ1n) is 9.32. The second-order valence-electron chi connectivity index (χ2n) is 6.89. The van der Waals surface area contributed by atoms with Crippen molar-refractivity contribution < 1.29 is 18.3 Å². The number of carbonyl (C=O) groups is 1. The highest BCUT2D eigenvalue weighted by Gasteiger charge is 2.26. The maximum absolute atomic E-state index is 14.3. The van der Waals surface area contributed by atoms with Crippen LogP contribution in [0.5, 0.6) is 0 Å². The zero-order valence-electron chi connectivity index (χ0n) is 15.9. The van der Waals surface area contributed by atoms with Crippen molar-refractivity contribution in [2.75, 3.05) is 10.7 Å². The summed E-state index contributed by atoms with van der Waals surface area (Å²) in [4.78, 5) is 15.1. The van der Waals surface area contributed by atoms with E-state index in [-0.39, 0.29) is 18.3 Å². The van der Waals surface area contributed by atoms with Gasteiger partial charge < -0.3 is 9.64 Å². The van der Waals surface area contributed by atoms with Crippen LogP contribution in [-0.2, 0) is 29.3 Å². The van der Waals surface area contributed by atoms with Crippen LogP contribution in [0.15, 0.2) is 65.6 Å². The number of nitrogens with zero attached hydrogens (tertiary/aromatic N) is 1. The molecule has 154 valence electrons. The minimum Gasteiger partial charge on any atom is -0.372 e. The third-order valence-corrected chi connectivity index (χ3v) is 6.20. The molecule has 0 fully saturated rings. The normalized spacial score (nSPS) is 13.4. The molecule has 0 atom stereocenters. The van der Waals surface area contributed by atoms with E-state index in [0.717, 1.165) is 21.7 Å². The van der Waals surface area contributed by atoms with Gasteiger partial charge >= 0.3 is 0 Å². The number of anilines is 1. The summed E-state index contributed by atoms with van der Waals surface area (Å²) in [6.07, 6.45) is 0. The van der Waals surface area contributed by atoms with E-state index < -0.39 is 5.82 Å². The molecule has 0 saturated heterocycles. The zero-order chi connectivity index (χ0) is 21.1. The number of rotatable bonds is 6. The smallest absolute Gasteiger partial charge is 0.237 e. The first-order valence-corrected chi connectivity index (χ1v) is 10.7. The molecule has 3 aromatic carbocycles. The van der Waals surface area contributed by atoms with E-state index in [1.165, 1.54) is 30.0 Å². The Morgan fingerprint density at radius 1 is 1.00 bits per heavy atom. The molecule has 4 rings (SSSR count). The molecule has 0 bridgehead atoms. The second-order valence-corrected chi connectivity index (χ2v) is 8.31. The highest BCUT2D eigenvalue weighted by molar-refractivity contribution is 8.00. The van der Waals surface area contributed by atoms with E-state index in [1.54, 1.807) is 29.2 Å². The molecule has 30 heavy (non-hydrogen) atoms. The molecule has 0 radical (unpaired) electrons. The van der Waals surface area contributed by atoms with Crippen molar-refractivity contribution in [1.82, 2.24) is 0 Å². The summed E-state index contributed by atoms with van der Waals surface area (Å²) in [5, 5.41) is 0.293. The van der Waals surface area contributed by atoms with Gasteiger partial charge in [0.15, 0.2) is 0 Å². The van der Waals surface area contributed by atoms with Gasteiger partial charge in [0.1, 0.15) is 11.6 Å². The monoisotopic (exact) mass is 445 g/mol. The zero-order valence-corrected chi connectivity index (χ0v) is 17.5. The lowest BCUT2D eigenvalue weighted by Crippen LogP contribution is -2.35. The summed E-state index contributed by atoms with van der Waals surface area (Å²) < 4.78 is 33.0. The number of hydrogen-bond acceptors (Lipinski definition) is 3. The van der Waals surface area contributed by atoms with Crippen molar-refractivity contribution >= 4 is 35.0 Å². The summed E-state index contributed by atoms with van der Waals surface area (Å²) in [7, 11) is 0. The Morgan fingerprint density at radius 3 is 2.50 bits per heavy atom. The first kappa shape index (κ1) is 20.8. The molecule has 0 saturated carbocycles. The number of thioether (sulfide) groups is 1. The average Bonchev–Trinajstić information content (AvgIpc) is 2.73. The van der Waals surface area contributed by atoms with Crippen LogP contribution in [0.1, 0.15) is 16.7 Å². The fraction of sp³-hybridized carbons (Fsp3) is 0.174. The molecule has 1 aliphatic rings. The largest absolute Gasteiger partial charge is 0.372 e. The number of hydrogen-bond donors (Lipinski definition) is 0. The van der Waals surface area contributed by atoms with Crippen LogP contribution in [0.3, 0.4) is 0 Å². The van der Waals surface area contributed by atoms with E-state index in [1.807, 2.05) is 18.2 Å². The summed E-state index contributed by atoms with van der Waals surface area (Å²) in [6, 6.07) is 16.4. The minimum absolute atomic E-state index is 0.0673. The van der Waals surface area contributed by atoms with Gasteiger partial charge in [-0.1, -0.05) is 35.9 Å². The van der Waals surface area contributed by atoms with Crippen molar-refractivity contribution in [2.45, 2.75) is 24.7 Å². The highest BCUT2D eigenvalue weighted by Crippen LogP contribution is 2.38. The molecule has 0 aliphatic carbocycles. The van der Waals surface area contributed by atoms with Gasteiger partial charge in [-0.15, -0.1) is 11.8 Å². The highest BCUT2D eigenvalue weighted by atomic mass is 35.5. The fourth-order valence-electron chi connectivity index (χ4n) is 3.22. The molecule has 0 N–H and O–H groups in total. The molecule has 3 nitrogen and oxygen atoms in total. The number of fused-ring (bicyclic) bond motifs is 1. The van der Waals surface area contributed by atoms with Gasteiger partial charge in [0.2, 0.25) is 5.91 Å². The first-order chi connectivity index (χ1) is 14.5. The Labute approximate surface area is 182 Å². The summed E-state index contributed by atoms with van der Waals surface area (Å²) >= 11 is 7.62. The molecule has 0 aromatic heterocycles. The molecule has 1 aliphatic heterocycles. The number of halogens is 3. The molecule has 7 heteroatoms. The van der Waals surface area contributed by atoms with Crippen molar-refractivity contribution in [3.05, 3.63) is 94.0 Å². The standard InChI is InChI=1S/C23H18ClF2NO2S/c24-19-2-1-3-20(26)18(19)11-27-21-10-16(6-9-22(21)30-14-23(27)28)13-29-12-15-4-7-17(25)8-5-15/h1-10H,11-14H2. The van der Waals surface area contributed by atoms with E-state index in [2.05, 4.69) is 0 Å². The summed E-state index contributed by atoms with van der Waals surface area (Å²) in [5.41, 5.74) is 2.77. The lowest BCUT2D eigenvalue weighted by molar-refractivity contribution is -0.116. The lowest BCUT2D eigenvalue weighted by atomic mass is 10.1. The van der Waals surface area contributed by atoms with Gasteiger partial charge in [0.25, 0.3) is 0 Å². The third-order valence-electron chi connectivity index (χ3n) is 4.79. The number of ether oxygens (including phenoxy) is 1. The SMILES string of the molecule is O=C1CSc2ccc(COCc3ccc(F)cc3)cc2N1Cc1c(F)cccc1Cl. The van der Waals surface area contributed by atoms with Gasteiger partial charge in [-0.05, 0) is 47.5 Å². The van der Waals surface area contributed by atoms with Crippen LogP contribution in [0.4, 0.5) is 14.5 Å². The van der Waals surface area contributed by atoms with E-state index in [4.69, 9.17) is 16.3 Å². The molecular weight excluding hydrogens is 428 g/mol. The van der Waals surface area contributed by atoms with Crippen LogP contribution in [0.2, 0.25) is 5.02 Å². The van der Waals surface area contributed by atoms with E-state index in [9.17, 15) is 13.6 Å². The lowest BCUT2D eigenvalue weighted by Gasteiger charge is -2.30. The van der Waals surface area contributed by atoms with Gasteiger partial charge in [-0.25, -0.2) is 8.78 Å². The Bertz CT molecular complexity index is 1060. The van der Waals surface area contributed by atoms with E-state index >= 15 is 0 Å². The quantitative estimate of drug-likeness (QED) is 0.468. The molecular formula is C23H18ClF2NO2S. The average molecular weight is 446 g/mol. The molecule has 1 amide bonds. The topological polar surface area (TPSA) is 29.5 Å². The Balaban J connectivity index is 1.52. The van der Waals surface area contributed by atoms with Crippen molar-refractivity contribution in [2.24, 2.45) is 0 Å². The van der Waals surface area contributed by atoms with Crippen LogP contribution < -0.4 is 4.90 Å². The van der Waals surface area contributed by atoms with Gasteiger partial charge in [0.05, 0.1) is 31.2 Å². The van der Waals surface area contributed by atoms with Crippen LogP contribution in [-0.4, -0.2) is 11.7 Å². The van der Waals surface area contributed by atoms with Crippen molar-refractivity contribution in [1.29, 1.82) is 0 Å². The maximum atomic E-state index is 14.3. The van der Waals surface area contributed by atoms with Gasteiger partial charge in [-0.2, -0.15) is 0 Å². The third kappa shape index (κ3) is 4.67. The minimum atomic E-state index is -0.436. The van der Waals surface area contributed by atoms with Crippen LogP contribution in [0.25, 0.3) is 0 Å². The predicted octanol–water partition coefficient (Wildman–Crippen LogP) is 5.97. The van der Waals surface area contributed by atoms with E-state index in [0.29, 0.717) is 29.6 Å². The number of amides is 1. The maximum Gasteiger partial charge on any atom is 0.237 e. The Hall–Kier alpha value is -2.41.